The maximum absolute atomic E-state index is 12.8. The van der Waals surface area contributed by atoms with Gasteiger partial charge in [-0.25, -0.2) is 14.5 Å². The molecule has 0 radical (unpaired) electrons. The Morgan fingerprint density at radius 3 is 2.38 bits per heavy atom. The summed E-state index contributed by atoms with van der Waals surface area (Å²) in [6.45, 7) is 2.47. The van der Waals surface area contributed by atoms with Crippen molar-refractivity contribution in [1.29, 1.82) is 0 Å². The smallest absolute Gasteiger partial charge is 0.335 e. The van der Waals surface area contributed by atoms with Crippen LogP contribution in [0.15, 0.2) is 78.5 Å². The van der Waals surface area contributed by atoms with Gasteiger partial charge in [-0.3, -0.25) is 4.79 Å². The molecular formula is C26H22N2O6. The van der Waals surface area contributed by atoms with Crippen LogP contribution in [0.4, 0.5) is 10.5 Å². The topological polar surface area (TPSA) is 105 Å². The van der Waals surface area contributed by atoms with Crippen LogP contribution in [0.1, 0.15) is 28.4 Å². The molecule has 0 aromatic heterocycles. The first kappa shape index (κ1) is 22.6. The number of hydrogen-bond acceptors (Lipinski definition) is 5. The van der Waals surface area contributed by atoms with Crippen LogP contribution in [0.2, 0.25) is 0 Å². The highest BCUT2D eigenvalue weighted by atomic mass is 16.5. The average molecular weight is 458 g/mol. The second-order valence-electron chi connectivity index (χ2n) is 7.39. The summed E-state index contributed by atoms with van der Waals surface area (Å²) in [6.07, 6.45) is 1.58. The molecule has 8 nitrogen and oxygen atoms in total. The van der Waals surface area contributed by atoms with Gasteiger partial charge in [0.2, 0.25) is 0 Å². The van der Waals surface area contributed by atoms with Gasteiger partial charge in [0, 0.05) is 0 Å². The zero-order valence-corrected chi connectivity index (χ0v) is 18.4. The van der Waals surface area contributed by atoms with Crippen molar-refractivity contribution in [1.82, 2.24) is 5.32 Å². The second-order valence-corrected chi connectivity index (χ2v) is 7.39. The minimum Gasteiger partial charge on any atom is -0.490 e. The van der Waals surface area contributed by atoms with E-state index in [1.165, 1.54) is 12.1 Å². The molecule has 1 aliphatic rings. The van der Waals surface area contributed by atoms with Crippen molar-refractivity contribution in [2.45, 2.75) is 13.5 Å². The van der Waals surface area contributed by atoms with Gasteiger partial charge in [0.1, 0.15) is 12.3 Å². The van der Waals surface area contributed by atoms with E-state index in [1.54, 1.807) is 60.7 Å². The number of para-hydroxylation sites is 1. The van der Waals surface area contributed by atoms with Gasteiger partial charge in [-0.15, -0.1) is 0 Å². The highest BCUT2D eigenvalue weighted by Crippen LogP contribution is 2.31. The van der Waals surface area contributed by atoms with E-state index in [1.807, 2.05) is 13.0 Å². The molecule has 3 amide bonds. The number of benzene rings is 3. The highest BCUT2D eigenvalue weighted by molar-refractivity contribution is 6.28. The Balaban J connectivity index is 1.52. The first-order chi connectivity index (χ1) is 16.5. The van der Waals surface area contributed by atoms with E-state index >= 15 is 0 Å². The number of rotatable bonds is 8. The van der Waals surface area contributed by atoms with Crippen LogP contribution < -0.4 is 19.7 Å². The third-order valence-corrected chi connectivity index (χ3v) is 5.07. The van der Waals surface area contributed by atoms with Crippen molar-refractivity contribution in [2.24, 2.45) is 0 Å². The van der Waals surface area contributed by atoms with Gasteiger partial charge in [0.05, 0.1) is 17.9 Å². The number of anilines is 1. The zero-order valence-electron chi connectivity index (χ0n) is 18.4. The third-order valence-electron chi connectivity index (χ3n) is 5.07. The van der Waals surface area contributed by atoms with E-state index in [9.17, 15) is 14.4 Å². The van der Waals surface area contributed by atoms with Crippen LogP contribution in [-0.2, 0) is 11.4 Å². The molecule has 4 rings (SSSR count). The summed E-state index contributed by atoms with van der Waals surface area (Å²) in [6, 6.07) is 19.8. The molecular weight excluding hydrogens is 436 g/mol. The van der Waals surface area contributed by atoms with Gasteiger partial charge in [0.15, 0.2) is 11.5 Å². The van der Waals surface area contributed by atoms with Gasteiger partial charge in [-0.05, 0) is 60.5 Å². The van der Waals surface area contributed by atoms with E-state index in [-0.39, 0.29) is 17.9 Å². The molecule has 0 atom stereocenters. The predicted molar refractivity (Wildman–Crippen MR) is 126 cm³/mol. The largest absolute Gasteiger partial charge is 0.490 e. The fraction of sp³-hybridized carbons (Fsp3) is 0.115. The lowest BCUT2D eigenvalue weighted by Gasteiger charge is -2.13. The van der Waals surface area contributed by atoms with Crippen molar-refractivity contribution < 1.29 is 29.0 Å². The number of carboxylic acid groups (broad SMARTS) is 1. The number of amides is 3. The Morgan fingerprint density at radius 2 is 1.71 bits per heavy atom. The Hall–Kier alpha value is -4.59. The van der Waals surface area contributed by atoms with Crippen LogP contribution in [0.3, 0.4) is 0 Å². The number of carbonyl (C=O) groups excluding carboxylic acids is 2. The molecule has 0 unspecified atom stereocenters. The Bertz CT molecular complexity index is 1250. The van der Waals surface area contributed by atoms with Crippen LogP contribution in [-0.4, -0.2) is 29.6 Å². The summed E-state index contributed by atoms with van der Waals surface area (Å²) in [7, 11) is 0. The van der Waals surface area contributed by atoms with Crippen LogP contribution in [0.5, 0.6) is 11.5 Å². The number of carbonyl (C=O) groups is 3. The Morgan fingerprint density at radius 1 is 0.971 bits per heavy atom. The molecule has 0 saturated carbocycles. The lowest BCUT2D eigenvalue weighted by molar-refractivity contribution is -0.113. The standard InChI is InChI=1S/C26H22N2O6/c1-2-33-23-15-18(10-13-22(23)34-16-17-8-11-19(12-9-17)25(30)31)14-21-24(29)28(26(32)27-21)20-6-4-3-5-7-20/h3-15H,2,16H2,1H3,(H,27,32)(H,30,31). The minimum atomic E-state index is -0.986. The summed E-state index contributed by atoms with van der Waals surface area (Å²) in [5.74, 6) is -0.450. The quantitative estimate of drug-likeness (QED) is 0.381. The van der Waals surface area contributed by atoms with Crippen molar-refractivity contribution in [3.8, 4) is 11.5 Å². The minimum absolute atomic E-state index is 0.156. The summed E-state index contributed by atoms with van der Waals surface area (Å²) >= 11 is 0. The van der Waals surface area contributed by atoms with E-state index in [2.05, 4.69) is 5.32 Å². The number of urea groups is 1. The van der Waals surface area contributed by atoms with Gasteiger partial charge in [-0.2, -0.15) is 0 Å². The molecule has 34 heavy (non-hydrogen) atoms. The molecule has 3 aromatic rings. The van der Waals surface area contributed by atoms with Crippen LogP contribution in [0, 0.1) is 0 Å². The first-order valence-electron chi connectivity index (χ1n) is 10.6. The van der Waals surface area contributed by atoms with E-state index in [0.717, 1.165) is 10.5 Å². The Kier molecular flexibility index (Phi) is 6.59. The number of carboxylic acids is 1. The monoisotopic (exact) mass is 458 g/mol. The number of ether oxygens (including phenoxy) is 2. The lowest BCUT2D eigenvalue weighted by atomic mass is 10.1. The summed E-state index contributed by atoms with van der Waals surface area (Å²) < 4.78 is 11.6. The van der Waals surface area contributed by atoms with Crippen molar-refractivity contribution in [2.75, 3.05) is 11.5 Å². The zero-order chi connectivity index (χ0) is 24.1. The van der Waals surface area contributed by atoms with Gasteiger partial charge >= 0.3 is 12.0 Å². The molecule has 8 heteroatoms. The molecule has 1 fully saturated rings. The number of hydrogen-bond donors (Lipinski definition) is 2. The SMILES string of the molecule is CCOc1cc(C=C2NC(=O)N(c3ccccc3)C2=O)ccc1OCc1ccc(C(=O)O)cc1. The molecule has 1 saturated heterocycles. The van der Waals surface area contributed by atoms with Crippen molar-refractivity contribution in [3.05, 3.63) is 95.2 Å². The lowest BCUT2D eigenvalue weighted by Crippen LogP contribution is -2.30. The van der Waals surface area contributed by atoms with Crippen LogP contribution >= 0.6 is 0 Å². The average Bonchev–Trinajstić information content (AvgIpc) is 3.12. The van der Waals surface area contributed by atoms with E-state index < -0.39 is 17.9 Å². The van der Waals surface area contributed by atoms with Crippen molar-refractivity contribution >= 4 is 29.7 Å². The molecule has 1 aliphatic heterocycles. The molecule has 0 spiro atoms. The molecule has 0 bridgehead atoms. The van der Waals surface area contributed by atoms with Crippen molar-refractivity contribution in [3.63, 3.8) is 0 Å². The maximum atomic E-state index is 12.8. The summed E-state index contributed by atoms with van der Waals surface area (Å²) in [5, 5.41) is 11.6. The predicted octanol–water partition coefficient (Wildman–Crippen LogP) is 4.46. The first-order valence-corrected chi connectivity index (χ1v) is 10.6. The normalized spacial score (nSPS) is 14.3. The summed E-state index contributed by atoms with van der Waals surface area (Å²) in [5.41, 5.74) is 2.31. The fourth-order valence-corrected chi connectivity index (χ4v) is 3.42. The van der Waals surface area contributed by atoms with E-state index in [4.69, 9.17) is 14.6 Å². The summed E-state index contributed by atoms with van der Waals surface area (Å²) in [4.78, 5) is 37.2. The number of imide groups is 1. The maximum Gasteiger partial charge on any atom is 0.335 e. The van der Waals surface area contributed by atoms with Gasteiger partial charge in [0.25, 0.3) is 5.91 Å². The molecule has 1 heterocycles. The molecule has 0 aliphatic carbocycles. The highest BCUT2D eigenvalue weighted by Gasteiger charge is 2.34. The molecule has 2 N–H and O–H groups in total. The molecule has 3 aromatic carbocycles. The number of nitrogens with zero attached hydrogens (tertiary/aromatic N) is 1. The van der Waals surface area contributed by atoms with Gasteiger partial charge < -0.3 is 19.9 Å². The molecule has 172 valence electrons. The second kappa shape index (κ2) is 9.91. The fourth-order valence-electron chi connectivity index (χ4n) is 3.42. The van der Waals surface area contributed by atoms with E-state index in [0.29, 0.717) is 29.4 Å². The van der Waals surface area contributed by atoms with Crippen LogP contribution in [0.25, 0.3) is 6.08 Å². The Labute approximate surface area is 196 Å². The van der Waals surface area contributed by atoms with Gasteiger partial charge in [-0.1, -0.05) is 36.4 Å². The number of aromatic carboxylic acids is 1. The third kappa shape index (κ3) is 4.91. The number of nitrogens with one attached hydrogen (secondary N) is 1.